The van der Waals surface area contributed by atoms with Crippen molar-refractivity contribution >= 4 is 24.0 Å². The van der Waals surface area contributed by atoms with Crippen LogP contribution in [0.15, 0.2) is 54.7 Å². The summed E-state index contributed by atoms with van der Waals surface area (Å²) in [5.41, 5.74) is 3.95. The van der Waals surface area contributed by atoms with Crippen molar-refractivity contribution in [1.29, 1.82) is 0 Å². The largest absolute Gasteiger partial charge is 0.322 e. The Labute approximate surface area is 182 Å². The number of aryl methyl sites for hydroxylation is 1. The normalized spacial score (nSPS) is 14.2. The van der Waals surface area contributed by atoms with Gasteiger partial charge in [0.2, 0.25) is 0 Å². The van der Waals surface area contributed by atoms with Crippen LogP contribution in [0.2, 0.25) is 0 Å². The SMILES string of the molecule is CCc1cccc(NC(=O)c2cnn(-c3cccc(F)c3)c2C2CCNCC2)c1.Cl. The average molecular weight is 429 g/mol. The molecule has 0 bridgehead atoms. The third-order valence-electron chi connectivity index (χ3n) is 5.42. The Balaban J connectivity index is 0.00000256. The van der Waals surface area contributed by atoms with Crippen molar-refractivity contribution in [2.24, 2.45) is 0 Å². The Hall–Kier alpha value is -2.70. The Morgan fingerprint density at radius 3 is 2.70 bits per heavy atom. The van der Waals surface area contributed by atoms with Gasteiger partial charge in [0, 0.05) is 11.6 Å². The van der Waals surface area contributed by atoms with Crippen LogP contribution in [0.3, 0.4) is 0 Å². The number of carbonyl (C=O) groups is 1. The number of nitrogens with one attached hydrogen (secondary N) is 2. The summed E-state index contributed by atoms with van der Waals surface area (Å²) in [5.74, 6) is -0.323. The van der Waals surface area contributed by atoms with Crippen LogP contribution in [0.1, 0.15) is 47.3 Å². The molecule has 3 aromatic rings. The molecular weight excluding hydrogens is 403 g/mol. The van der Waals surface area contributed by atoms with Gasteiger partial charge in [-0.25, -0.2) is 9.07 Å². The zero-order valence-corrected chi connectivity index (χ0v) is 17.7. The van der Waals surface area contributed by atoms with Gasteiger partial charge in [0.05, 0.1) is 23.1 Å². The second-order valence-electron chi connectivity index (χ2n) is 7.37. The fourth-order valence-corrected chi connectivity index (χ4v) is 3.90. The van der Waals surface area contributed by atoms with E-state index in [0.29, 0.717) is 11.3 Å². The molecule has 0 unspecified atom stereocenters. The maximum atomic E-state index is 13.8. The van der Waals surface area contributed by atoms with Gasteiger partial charge in [-0.15, -0.1) is 12.4 Å². The number of halogens is 2. The number of anilines is 1. The molecule has 0 aliphatic carbocycles. The lowest BCUT2D eigenvalue weighted by atomic mass is 9.91. The molecule has 4 rings (SSSR count). The van der Waals surface area contributed by atoms with Gasteiger partial charge in [0.15, 0.2) is 0 Å². The molecule has 7 heteroatoms. The number of carbonyl (C=O) groups excluding carboxylic acids is 1. The number of hydrogen-bond acceptors (Lipinski definition) is 3. The first-order chi connectivity index (χ1) is 14.2. The van der Waals surface area contributed by atoms with Gasteiger partial charge in [0.1, 0.15) is 5.82 Å². The second-order valence-corrected chi connectivity index (χ2v) is 7.37. The molecule has 158 valence electrons. The van der Waals surface area contributed by atoms with Crippen molar-refractivity contribution in [2.75, 3.05) is 18.4 Å². The Bertz CT molecular complexity index is 1010. The van der Waals surface area contributed by atoms with E-state index in [-0.39, 0.29) is 30.0 Å². The molecule has 0 radical (unpaired) electrons. The highest BCUT2D eigenvalue weighted by Crippen LogP contribution is 2.31. The Morgan fingerprint density at radius 2 is 1.97 bits per heavy atom. The summed E-state index contributed by atoms with van der Waals surface area (Å²) in [7, 11) is 0. The number of rotatable bonds is 5. The summed E-state index contributed by atoms with van der Waals surface area (Å²) in [6, 6.07) is 14.2. The van der Waals surface area contributed by atoms with Gasteiger partial charge in [-0.05, 0) is 68.2 Å². The van der Waals surface area contributed by atoms with E-state index in [2.05, 4.69) is 22.7 Å². The lowest BCUT2D eigenvalue weighted by Gasteiger charge is -2.24. The monoisotopic (exact) mass is 428 g/mol. The van der Waals surface area contributed by atoms with Crippen molar-refractivity contribution in [3.8, 4) is 5.69 Å². The number of amides is 1. The Morgan fingerprint density at radius 1 is 1.20 bits per heavy atom. The highest BCUT2D eigenvalue weighted by atomic mass is 35.5. The zero-order chi connectivity index (χ0) is 20.2. The van der Waals surface area contributed by atoms with E-state index in [9.17, 15) is 9.18 Å². The van der Waals surface area contributed by atoms with Crippen molar-refractivity contribution < 1.29 is 9.18 Å². The van der Waals surface area contributed by atoms with Crippen LogP contribution in [-0.2, 0) is 6.42 Å². The van der Waals surface area contributed by atoms with E-state index < -0.39 is 0 Å². The minimum absolute atomic E-state index is 0. The molecule has 1 saturated heterocycles. The van der Waals surface area contributed by atoms with Crippen LogP contribution < -0.4 is 10.6 Å². The minimum atomic E-state index is -0.323. The van der Waals surface area contributed by atoms with Gasteiger partial charge in [-0.1, -0.05) is 25.1 Å². The molecule has 1 aliphatic heterocycles. The number of aromatic nitrogens is 2. The molecule has 1 amide bonds. The summed E-state index contributed by atoms with van der Waals surface area (Å²) in [6.07, 6.45) is 4.32. The first-order valence-corrected chi connectivity index (χ1v) is 10.1. The lowest BCUT2D eigenvalue weighted by Crippen LogP contribution is -2.29. The molecule has 0 atom stereocenters. The smallest absolute Gasteiger partial charge is 0.259 e. The first-order valence-electron chi connectivity index (χ1n) is 10.1. The number of piperidine rings is 1. The first kappa shape index (κ1) is 22.0. The highest BCUT2D eigenvalue weighted by Gasteiger charge is 2.27. The van der Waals surface area contributed by atoms with Crippen LogP contribution in [0.4, 0.5) is 10.1 Å². The van der Waals surface area contributed by atoms with Crippen LogP contribution in [-0.4, -0.2) is 28.8 Å². The van der Waals surface area contributed by atoms with Gasteiger partial charge in [-0.2, -0.15) is 5.10 Å². The summed E-state index contributed by atoms with van der Waals surface area (Å²) in [4.78, 5) is 13.1. The van der Waals surface area contributed by atoms with Gasteiger partial charge < -0.3 is 10.6 Å². The van der Waals surface area contributed by atoms with Crippen LogP contribution in [0, 0.1) is 5.82 Å². The molecular formula is C23H26ClFN4O. The Kier molecular flexibility index (Phi) is 7.24. The molecule has 1 fully saturated rings. The molecule has 1 aliphatic rings. The predicted octanol–water partition coefficient (Wildman–Crippen LogP) is 4.71. The number of nitrogens with zero attached hydrogens (tertiary/aromatic N) is 2. The summed E-state index contributed by atoms with van der Waals surface area (Å²) < 4.78 is 15.5. The van der Waals surface area contributed by atoms with Crippen LogP contribution >= 0.6 is 12.4 Å². The number of hydrogen-bond donors (Lipinski definition) is 2. The molecule has 1 aromatic heterocycles. The van der Waals surface area contributed by atoms with E-state index in [1.54, 1.807) is 16.9 Å². The van der Waals surface area contributed by atoms with Gasteiger partial charge >= 0.3 is 0 Å². The summed E-state index contributed by atoms with van der Waals surface area (Å²) in [5, 5.41) is 10.8. The van der Waals surface area contributed by atoms with Gasteiger partial charge in [-0.3, -0.25) is 4.79 Å². The summed E-state index contributed by atoms with van der Waals surface area (Å²) >= 11 is 0. The van der Waals surface area contributed by atoms with Crippen molar-refractivity contribution in [3.05, 3.63) is 77.4 Å². The second kappa shape index (κ2) is 9.87. The molecule has 2 heterocycles. The topological polar surface area (TPSA) is 59.0 Å². The fraction of sp³-hybridized carbons (Fsp3) is 0.304. The maximum Gasteiger partial charge on any atom is 0.259 e. The molecule has 0 spiro atoms. The third kappa shape index (κ3) is 4.71. The molecule has 5 nitrogen and oxygen atoms in total. The highest BCUT2D eigenvalue weighted by molar-refractivity contribution is 6.05. The maximum absolute atomic E-state index is 13.8. The predicted molar refractivity (Wildman–Crippen MR) is 119 cm³/mol. The standard InChI is InChI=1S/C23H25FN4O.ClH/c1-2-16-5-3-7-19(13-16)27-23(29)21-15-26-28(20-8-4-6-18(24)14-20)22(21)17-9-11-25-12-10-17;/h3-8,13-15,17,25H,2,9-12H2,1H3,(H,27,29);1H. The lowest BCUT2D eigenvalue weighted by molar-refractivity contribution is 0.102. The average Bonchev–Trinajstić information content (AvgIpc) is 3.20. The molecule has 2 N–H and O–H groups in total. The quantitative estimate of drug-likeness (QED) is 0.618. The zero-order valence-electron chi connectivity index (χ0n) is 16.9. The molecule has 2 aromatic carbocycles. The third-order valence-corrected chi connectivity index (χ3v) is 5.42. The fourth-order valence-electron chi connectivity index (χ4n) is 3.90. The van der Waals surface area contributed by atoms with E-state index in [4.69, 9.17) is 0 Å². The number of benzene rings is 2. The summed E-state index contributed by atoms with van der Waals surface area (Å²) in [6.45, 7) is 3.86. The molecule has 30 heavy (non-hydrogen) atoms. The van der Waals surface area contributed by atoms with E-state index in [1.165, 1.54) is 12.1 Å². The van der Waals surface area contributed by atoms with Crippen LogP contribution in [0.5, 0.6) is 0 Å². The van der Waals surface area contributed by atoms with Crippen molar-refractivity contribution in [2.45, 2.75) is 32.1 Å². The van der Waals surface area contributed by atoms with Crippen molar-refractivity contribution in [3.63, 3.8) is 0 Å². The van der Waals surface area contributed by atoms with E-state index >= 15 is 0 Å². The van der Waals surface area contributed by atoms with E-state index in [1.807, 2.05) is 30.3 Å². The van der Waals surface area contributed by atoms with E-state index in [0.717, 1.165) is 49.3 Å². The van der Waals surface area contributed by atoms with Crippen molar-refractivity contribution in [1.82, 2.24) is 15.1 Å². The van der Waals surface area contributed by atoms with Gasteiger partial charge in [0.25, 0.3) is 5.91 Å². The molecule has 0 saturated carbocycles. The van der Waals surface area contributed by atoms with Crippen LogP contribution in [0.25, 0.3) is 5.69 Å². The minimum Gasteiger partial charge on any atom is -0.322 e.